The van der Waals surface area contributed by atoms with E-state index in [0.29, 0.717) is 24.0 Å². The molecule has 3 atom stereocenters. The van der Waals surface area contributed by atoms with Crippen LogP contribution in [0.25, 0.3) is 0 Å². The van der Waals surface area contributed by atoms with Crippen LogP contribution in [0.3, 0.4) is 0 Å². The van der Waals surface area contributed by atoms with Gasteiger partial charge in [-0.2, -0.15) is 0 Å². The highest BCUT2D eigenvalue weighted by Gasteiger charge is 2.41. The Morgan fingerprint density at radius 1 is 1.12 bits per heavy atom. The number of nitrogens with one attached hydrogen (secondary N) is 1. The highest BCUT2D eigenvalue weighted by Crippen LogP contribution is 2.38. The highest BCUT2D eigenvalue weighted by atomic mass is 16.5. The molecule has 1 aliphatic carbocycles. The first-order valence-corrected chi connectivity index (χ1v) is 8.81. The Morgan fingerprint density at radius 2 is 1.77 bits per heavy atom. The Balaban J connectivity index is 1.47. The summed E-state index contributed by atoms with van der Waals surface area (Å²) in [6.07, 6.45) is 0.0294. The Morgan fingerprint density at radius 3 is 2.38 bits per heavy atom. The second kappa shape index (κ2) is 8.04. The summed E-state index contributed by atoms with van der Waals surface area (Å²) in [5, 5.41) is 2.75. The Hall–Kier alpha value is -2.82. The zero-order chi connectivity index (χ0) is 18.5. The molecular weight excluding hydrogens is 330 g/mol. The predicted molar refractivity (Wildman–Crippen MR) is 98.7 cm³/mol. The third-order valence-electron chi connectivity index (χ3n) is 4.44. The van der Waals surface area contributed by atoms with Crippen LogP contribution in [-0.4, -0.2) is 18.0 Å². The molecule has 0 unspecified atom stereocenters. The number of carbonyl (C=O) groups is 2. The van der Waals surface area contributed by atoms with Crippen molar-refractivity contribution in [2.24, 2.45) is 11.8 Å². The number of rotatable bonds is 7. The van der Waals surface area contributed by atoms with Crippen molar-refractivity contribution < 1.29 is 19.1 Å². The Kier molecular flexibility index (Phi) is 5.56. The van der Waals surface area contributed by atoms with E-state index >= 15 is 0 Å². The first kappa shape index (κ1) is 18.0. The van der Waals surface area contributed by atoms with Crippen LogP contribution in [0.2, 0.25) is 0 Å². The average molecular weight is 353 g/mol. The molecule has 1 amide bonds. The van der Waals surface area contributed by atoms with Gasteiger partial charge in [0.2, 0.25) is 0 Å². The lowest BCUT2D eigenvalue weighted by Crippen LogP contribution is -2.30. The fourth-order valence-electron chi connectivity index (χ4n) is 2.58. The molecule has 1 aliphatic rings. The van der Waals surface area contributed by atoms with E-state index in [9.17, 15) is 9.59 Å². The molecule has 0 spiro atoms. The molecule has 2 aromatic carbocycles. The van der Waals surface area contributed by atoms with Gasteiger partial charge < -0.3 is 14.8 Å². The van der Waals surface area contributed by atoms with Gasteiger partial charge in [0.25, 0.3) is 5.91 Å². The van der Waals surface area contributed by atoms with Crippen molar-refractivity contribution >= 4 is 17.6 Å². The predicted octanol–water partition coefficient (Wildman–Crippen LogP) is 3.79. The quantitative estimate of drug-likeness (QED) is 0.769. The summed E-state index contributed by atoms with van der Waals surface area (Å²) in [7, 11) is 0. The van der Waals surface area contributed by atoms with Crippen LogP contribution in [0.5, 0.6) is 5.75 Å². The summed E-state index contributed by atoms with van der Waals surface area (Å²) in [6, 6.07) is 17.0. The maximum absolute atomic E-state index is 12.1. The van der Waals surface area contributed by atoms with Crippen molar-refractivity contribution in [2.45, 2.75) is 33.0 Å². The number of benzene rings is 2. The SMILES string of the molecule is C[C@H](OC(=O)[C@H]1C[C@@H]1C)C(=O)Nc1ccc(OCc2ccccc2)cc1. The van der Waals surface area contributed by atoms with Gasteiger partial charge >= 0.3 is 5.97 Å². The Bertz CT molecular complexity index is 757. The molecule has 0 bridgehead atoms. The van der Waals surface area contributed by atoms with Gasteiger partial charge in [0, 0.05) is 5.69 Å². The van der Waals surface area contributed by atoms with Gasteiger partial charge in [-0.25, -0.2) is 0 Å². The number of esters is 1. The fraction of sp³-hybridized carbons (Fsp3) is 0.333. The van der Waals surface area contributed by atoms with Gasteiger partial charge in [-0.15, -0.1) is 0 Å². The molecule has 5 heteroatoms. The summed E-state index contributed by atoms with van der Waals surface area (Å²) in [5.74, 6) is 0.399. The molecule has 0 heterocycles. The number of hydrogen-bond donors (Lipinski definition) is 1. The van der Waals surface area contributed by atoms with E-state index in [4.69, 9.17) is 9.47 Å². The molecular formula is C21H23NO4. The van der Waals surface area contributed by atoms with Crippen molar-refractivity contribution in [2.75, 3.05) is 5.32 Å². The standard InChI is InChI=1S/C21H23NO4/c1-14-12-19(14)21(24)26-15(2)20(23)22-17-8-10-18(11-9-17)25-13-16-6-4-3-5-7-16/h3-11,14-15,19H,12-13H2,1-2H3,(H,22,23)/t14-,15-,19-/m0/s1. The van der Waals surface area contributed by atoms with E-state index in [-0.39, 0.29) is 17.8 Å². The van der Waals surface area contributed by atoms with Crippen molar-refractivity contribution in [3.05, 3.63) is 60.2 Å². The zero-order valence-corrected chi connectivity index (χ0v) is 15.0. The number of amides is 1. The van der Waals surface area contributed by atoms with E-state index in [1.807, 2.05) is 37.3 Å². The molecule has 136 valence electrons. The molecule has 3 rings (SSSR count). The largest absolute Gasteiger partial charge is 0.489 e. The molecule has 0 saturated heterocycles. The van der Waals surface area contributed by atoms with Crippen LogP contribution in [0, 0.1) is 11.8 Å². The lowest BCUT2D eigenvalue weighted by molar-refractivity contribution is -0.154. The number of ether oxygens (including phenoxy) is 2. The number of hydrogen-bond acceptors (Lipinski definition) is 4. The van der Waals surface area contributed by atoms with Crippen molar-refractivity contribution in [3.63, 3.8) is 0 Å². The summed E-state index contributed by atoms with van der Waals surface area (Å²) in [5.41, 5.74) is 1.72. The van der Waals surface area contributed by atoms with Crippen LogP contribution in [-0.2, 0) is 20.9 Å². The minimum atomic E-state index is -0.815. The number of carbonyl (C=O) groups excluding carboxylic acids is 2. The third-order valence-corrected chi connectivity index (χ3v) is 4.44. The van der Waals surface area contributed by atoms with E-state index in [2.05, 4.69) is 5.32 Å². The van der Waals surface area contributed by atoms with Crippen molar-refractivity contribution in [1.82, 2.24) is 0 Å². The average Bonchev–Trinajstić information content (AvgIpc) is 3.39. The number of anilines is 1. The van der Waals surface area contributed by atoms with Crippen LogP contribution in [0.4, 0.5) is 5.69 Å². The summed E-state index contributed by atoms with van der Waals surface area (Å²) in [6.45, 7) is 4.06. The summed E-state index contributed by atoms with van der Waals surface area (Å²) >= 11 is 0. The lowest BCUT2D eigenvalue weighted by Gasteiger charge is -2.14. The van der Waals surface area contributed by atoms with Gasteiger partial charge in [-0.3, -0.25) is 9.59 Å². The minimum absolute atomic E-state index is 0.0497. The molecule has 1 saturated carbocycles. The molecule has 0 aromatic heterocycles. The van der Waals surface area contributed by atoms with Crippen LogP contribution >= 0.6 is 0 Å². The first-order chi connectivity index (χ1) is 12.5. The minimum Gasteiger partial charge on any atom is -0.489 e. The second-order valence-corrected chi connectivity index (χ2v) is 6.69. The summed E-state index contributed by atoms with van der Waals surface area (Å²) < 4.78 is 10.9. The van der Waals surface area contributed by atoms with Gasteiger partial charge in [0.05, 0.1) is 5.92 Å². The monoisotopic (exact) mass is 353 g/mol. The van der Waals surface area contributed by atoms with Gasteiger partial charge in [-0.05, 0) is 49.1 Å². The third kappa shape index (κ3) is 4.85. The molecule has 5 nitrogen and oxygen atoms in total. The molecule has 1 N–H and O–H groups in total. The highest BCUT2D eigenvalue weighted by molar-refractivity contribution is 5.95. The van der Waals surface area contributed by atoms with Gasteiger partial charge in [0.15, 0.2) is 6.10 Å². The maximum Gasteiger partial charge on any atom is 0.309 e. The molecule has 2 aromatic rings. The molecule has 0 radical (unpaired) electrons. The molecule has 0 aliphatic heterocycles. The smallest absolute Gasteiger partial charge is 0.309 e. The van der Waals surface area contributed by atoms with Crippen molar-refractivity contribution in [1.29, 1.82) is 0 Å². The van der Waals surface area contributed by atoms with E-state index in [1.165, 1.54) is 0 Å². The first-order valence-electron chi connectivity index (χ1n) is 8.81. The van der Waals surface area contributed by atoms with Gasteiger partial charge in [-0.1, -0.05) is 37.3 Å². The fourth-order valence-corrected chi connectivity index (χ4v) is 2.58. The van der Waals surface area contributed by atoms with Crippen LogP contribution in [0.15, 0.2) is 54.6 Å². The molecule has 1 fully saturated rings. The van der Waals surface area contributed by atoms with E-state index in [1.54, 1.807) is 31.2 Å². The van der Waals surface area contributed by atoms with Crippen LogP contribution < -0.4 is 10.1 Å². The van der Waals surface area contributed by atoms with Crippen molar-refractivity contribution in [3.8, 4) is 5.75 Å². The van der Waals surface area contributed by atoms with Crippen LogP contribution in [0.1, 0.15) is 25.8 Å². The maximum atomic E-state index is 12.1. The summed E-state index contributed by atoms with van der Waals surface area (Å²) in [4.78, 5) is 23.9. The Labute approximate surface area is 153 Å². The van der Waals surface area contributed by atoms with E-state index < -0.39 is 6.10 Å². The van der Waals surface area contributed by atoms with Gasteiger partial charge in [0.1, 0.15) is 12.4 Å². The lowest BCUT2D eigenvalue weighted by atomic mass is 10.2. The normalized spacial score (nSPS) is 19.3. The second-order valence-electron chi connectivity index (χ2n) is 6.69. The van der Waals surface area contributed by atoms with E-state index in [0.717, 1.165) is 12.0 Å². The zero-order valence-electron chi connectivity index (χ0n) is 15.0. The molecule has 26 heavy (non-hydrogen) atoms. The topological polar surface area (TPSA) is 64.6 Å².